The Kier molecular flexibility index (Phi) is 12.6. The van der Waals surface area contributed by atoms with E-state index in [9.17, 15) is 9.59 Å². The highest BCUT2D eigenvalue weighted by atomic mass is 16.2. The van der Waals surface area contributed by atoms with Crippen LogP contribution in [0.4, 0.5) is 0 Å². The lowest BCUT2D eigenvalue weighted by atomic mass is 9.46. The van der Waals surface area contributed by atoms with E-state index in [2.05, 4.69) is 16.7 Å². The van der Waals surface area contributed by atoms with Crippen LogP contribution in [0, 0.1) is 16.7 Å². The first-order valence-electron chi connectivity index (χ1n) is 17.5. The van der Waals surface area contributed by atoms with Crippen molar-refractivity contribution in [1.29, 1.82) is 0 Å². The molecule has 2 aliphatic rings. The second-order valence-corrected chi connectivity index (χ2v) is 14.0. The van der Waals surface area contributed by atoms with Gasteiger partial charge in [-0.05, 0) is 96.9 Å². The van der Waals surface area contributed by atoms with Crippen molar-refractivity contribution in [1.82, 2.24) is 19.8 Å². The summed E-state index contributed by atoms with van der Waals surface area (Å²) in [5.41, 5.74) is -1.25. The molecule has 1 saturated heterocycles. The van der Waals surface area contributed by atoms with Crippen LogP contribution in [0.25, 0.3) is 0 Å². The number of pyridine rings is 2. The van der Waals surface area contributed by atoms with Crippen LogP contribution in [0.15, 0.2) is 48.8 Å². The molecule has 0 spiro atoms. The summed E-state index contributed by atoms with van der Waals surface area (Å²) in [7, 11) is 4.08. The lowest BCUT2D eigenvalue weighted by molar-refractivity contribution is -0.187. The molecule has 2 bridgehead atoms. The van der Waals surface area contributed by atoms with Gasteiger partial charge < -0.3 is 4.90 Å². The van der Waals surface area contributed by atoms with Crippen LogP contribution in [-0.4, -0.2) is 64.3 Å². The minimum Gasteiger partial charge on any atom is -0.309 e. The molecule has 2 aromatic heterocycles. The van der Waals surface area contributed by atoms with Crippen molar-refractivity contribution < 1.29 is 14.4 Å². The fraction of sp³-hybridized carbons (Fsp3) is 0.658. The van der Waals surface area contributed by atoms with Crippen LogP contribution >= 0.6 is 0 Å². The lowest BCUT2D eigenvalue weighted by Gasteiger charge is -2.62. The summed E-state index contributed by atoms with van der Waals surface area (Å²) in [4.78, 5) is 57.4. The summed E-state index contributed by atoms with van der Waals surface area (Å²) in [6.07, 6.45) is 17.4. The molecule has 2 fully saturated rings. The Morgan fingerprint density at radius 3 is 1.64 bits per heavy atom. The topological polar surface area (TPSA) is 83.5 Å². The standard InChI is InChI=1S/C38H56N4O3/c1-6-7-8-9-10-11-12-13-14-19-25-42-34(32-20-15-17-23-39-32)37(29(2)43)27-31(22-26-41(4)5)28-38(30(3)44,36(37)45)35(42)33-21-16-18-24-40-33/h15-18,20-21,23-24,31,34-35H,6-14,19,22,25-28H2,1-5H3. The van der Waals surface area contributed by atoms with Gasteiger partial charge in [0.25, 0.3) is 0 Å². The van der Waals surface area contributed by atoms with E-state index < -0.39 is 22.9 Å². The van der Waals surface area contributed by atoms with E-state index in [1.54, 1.807) is 26.2 Å². The molecule has 1 aliphatic carbocycles. The predicted octanol–water partition coefficient (Wildman–Crippen LogP) is 7.58. The monoisotopic (exact) mass is 616 g/mol. The van der Waals surface area contributed by atoms with E-state index in [0.717, 1.165) is 43.6 Å². The van der Waals surface area contributed by atoms with Crippen molar-refractivity contribution in [3.63, 3.8) is 0 Å². The number of hydrogen-bond donors (Lipinski definition) is 0. The van der Waals surface area contributed by atoms with E-state index in [0.29, 0.717) is 19.4 Å². The van der Waals surface area contributed by atoms with Crippen LogP contribution in [0.2, 0.25) is 0 Å². The quantitative estimate of drug-likeness (QED) is 0.126. The molecule has 7 nitrogen and oxygen atoms in total. The summed E-state index contributed by atoms with van der Waals surface area (Å²) in [6, 6.07) is 10.4. The summed E-state index contributed by atoms with van der Waals surface area (Å²) < 4.78 is 0. The summed E-state index contributed by atoms with van der Waals surface area (Å²) >= 11 is 0. The molecule has 4 rings (SSSR count). The number of carbonyl (C=O) groups is 3. The Balaban J connectivity index is 1.75. The maximum absolute atomic E-state index is 15.1. The Bertz CT molecular complexity index is 1170. The number of nitrogens with zero attached hydrogens (tertiary/aromatic N) is 4. The average Bonchev–Trinajstić information content (AvgIpc) is 3.02. The minimum absolute atomic E-state index is 0.0369. The first kappa shape index (κ1) is 35.1. The first-order chi connectivity index (χ1) is 21.7. The summed E-state index contributed by atoms with van der Waals surface area (Å²) in [5, 5.41) is 0. The Labute approximate surface area is 271 Å². The first-order valence-corrected chi connectivity index (χ1v) is 17.5. The molecule has 246 valence electrons. The largest absolute Gasteiger partial charge is 0.309 e. The van der Waals surface area contributed by atoms with Crippen molar-refractivity contribution in [2.75, 3.05) is 27.2 Å². The Morgan fingerprint density at radius 1 is 0.778 bits per heavy atom. The van der Waals surface area contributed by atoms with Gasteiger partial charge in [-0.3, -0.25) is 29.3 Å². The van der Waals surface area contributed by atoms with Gasteiger partial charge in [0.2, 0.25) is 0 Å². The normalized spacial score (nSPS) is 26.7. The van der Waals surface area contributed by atoms with Crippen molar-refractivity contribution in [3.8, 4) is 0 Å². The maximum atomic E-state index is 15.1. The third-order valence-corrected chi connectivity index (χ3v) is 10.6. The molecule has 3 heterocycles. The molecular weight excluding hydrogens is 560 g/mol. The molecule has 4 atom stereocenters. The van der Waals surface area contributed by atoms with Crippen LogP contribution in [0.3, 0.4) is 0 Å². The number of piperidine rings is 1. The molecule has 4 unspecified atom stereocenters. The van der Waals surface area contributed by atoms with E-state index in [-0.39, 0.29) is 23.3 Å². The summed E-state index contributed by atoms with van der Waals surface area (Å²) in [5.74, 6) is -0.497. The third-order valence-electron chi connectivity index (χ3n) is 10.6. The fourth-order valence-corrected chi connectivity index (χ4v) is 8.35. The number of fused-ring (bicyclic) bond motifs is 2. The van der Waals surface area contributed by atoms with Gasteiger partial charge in [-0.15, -0.1) is 0 Å². The number of hydrogen-bond acceptors (Lipinski definition) is 7. The van der Waals surface area contributed by atoms with Gasteiger partial charge in [-0.1, -0.05) is 76.8 Å². The third kappa shape index (κ3) is 7.46. The van der Waals surface area contributed by atoms with Gasteiger partial charge in [0.15, 0.2) is 5.78 Å². The highest BCUT2D eigenvalue weighted by Crippen LogP contribution is 2.65. The average molecular weight is 617 g/mol. The highest BCUT2D eigenvalue weighted by molar-refractivity contribution is 6.19. The van der Waals surface area contributed by atoms with Crippen molar-refractivity contribution in [2.24, 2.45) is 16.7 Å². The number of ketones is 3. The molecule has 1 saturated carbocycles. The van der Waals surface area contributed by atoms with Gasteiger partial charge >= 0.3 is 0 Å². The van der Waals surface area contributed by atoms with Gasteiger partial charge in [-0.2, -0.15) is 0 Å². The molecule has 7 heteroatoms. The Morgan fingerprint density at radius 2 is 1.24 bits per heavy atom. The summed E-state index contributed by atoms with van der Waals surface area (Å²) in [6.45, 7) is 6.87. The molecule has 0 aromatic carbocycles. The number of carbonyl (C=O) groups excluding carboxylic acids is 3. The SMILES string of the molecule is CCCCCCCCCCCCN1C(c2ccccn2)C2(C(C)=O)CC(CCN(C)C)CC(C(C)=O)(C2=O)C1c1ccccn1. The zero-order valence-corrected chi connectivity index (χ0v) is 28.5. The molecule has 2 aromatic rings. The minimum atomic E-state index is -1.35. The maximum Gasteiger partial charge on any atom is 0.163 e. The second-order valence-electron chi connectivity index (χ2n) is 14.0. The van der Waals surface area contributed by atoms with Gasteiger partial charge in [0.05, 0.1) is 23.5 Å². The van der Waals surface area contributed by atoms with Crippen molar-refractivity contribution in [2.45, 2.75) is 116 Å². The lowest BCUT2D eigenvalue weighted by Crippen LogP contribution is -2.70. The second kappa shape index (κ2) is 16.2. The number of rotatable bonds is 18. The number of unbranched alkanes of at least 4 members (excludes halogenated alkanes) is 9. The van der Waals surface area contributed by atoms with Gasteiger partial charge in [-0.25, -0.2) is 0 Å². The van der Waals surface area contributed by atoms with Crippen LogP contribution in [-0.2, 0) is 14.4 Å². The van der Waals surface area contributed by atoms with Crippen molar-refractivity contribution >= 4 is 17.3 Å². The smallest absolute Gasteiger partial charge is 0.163 e. The molecule has 0 N–H and O–H groups in total. The molecule has 0 amide bonds. The molecule has 0 radical (unpaired) electrons. The van der Waals surface area contributed by atoms with E-state index in [1.807, 2.05) is 50.5 Å². The van der Waals surface area contributed by atoms with Crippen LogP contribution in [0.5, 0.6) is 0 Å². The number of Topliss-reactive ketones (excluding diaryl/α,β-unsaturated/α-hetero) is 3. The Hall–Kier alpha value is -2.77. The molecule has 45 heavy (non-hydrogen) atoms. The molecule has 1 aliphatic heterocycles. The van der Waals surface area contributed by atoms with Crippen molar-refractivity contribution in [3.05, 3.63) is 60.2 Å². The molecular formula is C38H56N4O3. The fourth-order valence-electron chi connectivity index (χ4n) is 8.35. The van der Waals surface area contributed by atoms with E-state index in [4.69, 9.17) is 9.97 Å². The van der Waals surface area contributed by atoms with Crippen LogP contribution < -0.4 is 0 Å². The predicted molar refractivity (Wildman–Crippen MR) is 180 cm³/mol. The highest BCUT2D eigenvalue weighted by Gasteiger charge is 2.72. The number of aromatic nitrogens is 2. The zero-order chi connectivity index (χ0) is 32.5. The van der Waals surface area contributed by atoms with Gasteiger partial charge in [0.1, 0.15) is 22.4 Å². The zero-order valence-electron chi connectivity index (χ0n) is 28.5. The van der Waals surface area contributed by atoms with E-state index >= 15 is 4.79 Å². The van der Waals surface area contributed by atoms with Crippen LogP contribution in [0.1, 0.15) is 128 Å². The van der Waals surface area contributed by atoms with E-state index in [1.165, 1.54) is 44.9 Å². The van der Waals surface area contributed by atoms with Gasteiger partial charge in [0, 0.05) is 12.4 Å². The number of likely N-dealkylation sites (tertiary alicyclic amines) is 1.